The number of carbonyl (C=O) groups is 1. The summed E-state index contributed by atoms with van der Waals surface area (Å²) < 4.78 is 7.39. The van der Waals surface area contributed by atoms with Crippen LogP contribution in [-0.4, -0.2) is 65.3 Å². The smallest absolute Gasteiger partial charge is 0.261 e. The number of hydrogen-bond donors (Lipinski definition) is 0. The van der Waals surface area contributed by atoms with Crippen LogP contribution in [-0.2, 0) is 6.54 Å². The third-order valence-corrected chi connectivity index (χ3v) is 3.78. The molecule has 0 unspecified atom stereocenters. The predicted molar refractivity (Wildman–Crippen MR) is 70.4 cm³/mol. The van der Waals surface area contributed by atoms with Gasteiger partial charge in [-0.3, -0.25) is 4.79 Å². The average Bonchev–Trinajstić information content (AvgIpc) is 2.74. The minimum atomic E-state index is 0.0541. The predicted octanol–water partition coefficient (Wildman–Crippen LogP) is 0.443. The molecule has 6 nitrogen and oxygen atoms in total. The highest BCUT2D eigenvalue weighted by Gasteiger charge is 2.26. The Morgan fingerprint density at radius 2 is 2.11 bits per heavy atom. The molecule has 0 saturated carbocycles. The quantitative estimate of drug-likeness (QED) is 0.738. The van der Waals surface area contributed by atoms with E-state index in [4.69, 9.17) is 4.74 Å². The summed E-state index contributed by atoms with van der Waals surface area (Å²) in [7, 11) is 2.10. The number of aromatic nitrogens is 2. The number of ether oxygens (including phenoxy) is 1. The van der Waals surface area contributed by atoms with E-state index in [1.807, 2.05) is 4.90 Å². The van der Waals surface area contributed by atoms with Crippen LogP contribution in [0.5, 0.6) is 5.88 Å². The molecule has 3 heterocycles. The van der Waals surface area contributed by atoms with E-state index in [2.05, 4.69) is 17.0 Å². The molecule has 19 heavy (non-hydrogen) atoms. The van der Waals surface area contributed by atoms with Gasteiger partial charge in [0, 0.05) is 32.6 Å². The van der Waals surface area contributed by atoms with E-state index in [-0.39, 0.29) is 5.91 Å². The van der Waals surface area contributed by atoms with Crippen LogP contribution in [0.2, 0.25) is 0 Å². The van der Waals surface area contributed by atoms with Crippen LogP contribution in [0.15, 0.2) is 6.20 Å². The molecule has 0 N–H and O–H groups in total. The van der Waals surface area contributed by atoms with Crippen molar-refractivity contribution in [2.75, 3.05) is 39.8 Å². The van der Waals surface area contributed by atoms with Crippen LogP contribution in [0.4, 0.5) is 0 Å². The van der Waals surface area contributed by atoms with E-state index in [9.17, 15) is 4.79 Å². The van der Waals surface area contributed by atoms with Gasteiger partial charge in [0.25, 0.3) is 5.91 Å². The van der Waals surface area contributed by atoms with Crippen LogP contribution in [0.3, 0.4) is 0 Å². The summed E-state index contributed by atoms with van der Waals surface area (Å²) in [4.78, 5) is 16.7. The van der Waals surface area contributed by atoms with E-state index in [1.54, 1.807) is 10.9 Å². The topological polar surface area (TPSA) is 50.6 Å². The first-order valence-corrected chi connectivity index (χ1v) is 6.92. The van der Waals surface area contributed by atoms with Gasteiger partial charge in [-0.2, -0.15) is 5.10 Å². The SMILES string of the molecule is CN1CCCN(C(=O)c2cnn3c2OCCC3)CC1. The normalized spacial score (nSPS) is 20.6. The summed E-state index contributed by atoms with van der Waals surface area (Å²) in [5, 5.41) is 4.24. The average molecular weight is 264 g/mol. The minimum absolute atomic E-state index is 0.0541. The first-order valence-electron chi connectivity index (χ1n) is 6.92. The third kappa shape index (κ3) is 2.45. The van der Waals surface area contributed by atoms with Crippen molar-refractivity contribution in [1.29, 1.82) is 0 Å². The molecule has 0 bridgehead atoms. The summed E-state index contributed by atoms with van der Waals surface area (Å²) in [6.45, 7) is 5.08. The Labute approximate surface area is 112 Å². The van der Waals surface area contributed by atoms with Gasteiger partial charge in [0.15, 0.2) is 0 Å². The minimum Gasteiger partial charge on any atom is -0.477 e. The molecular formula is C13H20N4O2. The van der Waals surface area contributed by atoms with E-state index >= 15 is 0 Å². The zero-order valence-corrected chi connectivity index (χ0v) is 11.3. The zero-order valence-electron chi connectivity index (χ0n) is 11.3. The molecule has 1 amide bonds. The van der Waals surface area contributed by atoms with Gasteiger partial charge in [-0.15, -0.1) is 0 Å². The van der Waals surface area contributed by atoms with Crippen LogP contribution < -0.4 is 4.74 Å². The second-order valence-corrected chi connectivity index (χ2v) is 5.24. The molecule has 0 aromatic carbocycles. The lowest BCUT2D eigenvalue weighted by atomic mass is 10.2. The van der Waals surface area contributed by atoms with Gasteiger partial charge in [0.2, 0.25) is 5.88 Å². The molecule has 2 aliphatic rings. The molecule has 0 aliphatic carbocycles. The van der Waals surface area contributed by atoms with E-state index in [0.717, 1.165) is 45.6 Å². The van der Waals surface area contributed by atoms with Gasteiger partial charge in [-0.1, -0.05) is 0 Å². The molecule has 104 valence electrons. The van der Waals surface area contributed by atoms with E-state index in [0.29, 0.717) is 18.1 Å². The fourth-order valence-corrected chi connectivity index (χ4v) is 2.64. The van der Waals surface area contributed by atoms with Gasteiger partial charge in [0.05, 0.1) is 12.8 Å². The summed E-state index contributed by atoms with van der Waals surface area (Å²) in [5.41, 5.74) is 0.615. The highest BCUT2D eigenvalue weighted by Crippen LogP contribution is 2.24. The number of rotatable bonds is 1. The second-order valence-electron chi connectivity index (χ2n) is 5.24. The molecule has 3 rings (SSSR count). The van der Waals surface area contributed by atoms with Gasteiger partial charge in [-0.05, 0) is 20.0 Å². The van der Waals surface area contributed by atoms with Crippen LogP contribution in [0.25, 0.3) is 0 Å². The zero-order chi connectivity index (χ0) is 13.2. The largest absolute Gasteiger partial charge is 0.477 e. The van der Waals surface area contributed by atoms with Crippen LogP contribution in [0, 0.1) is 0 Å². The monoisotopic (exact) mass is 264 g/mol. The number of aryl methyl sites for hydroxylation is 1. The number of nitrogens with zero attached hydrogens (tertiary/aromatic N) is 4. The Kier molecular flexibility index (Phi) is 3.42. The van der Waals surface area contributed by atoms with Crippen molar-refractivity contribution in [2.45, 2.75) is 19.4 Å². The van der Waals surface area contributed by atoms with Crippen molar-refractivity contribution in [3.8, 4) is 5.88 Å². The van der Waals surface area contributed by atoms with Crippen molar-refractivity contribution < 1.29 is 9.53 Å². The molecule has 1 saturated heterocycles. The lowest BCUT2D eigenvalue weighted by Crippen LogP contribution is -2.34. The van der Waals surface area contributed by atoms with Gasteiger partial charge in [0.1, 0.15) is 5.56 Å². The Morgan fingerprint density at radius 1 is 1.21 bits per heavy atom. The number of amides is 1. The number of fused-ring (bicyclic) bond motifs is 1. The Bertz CT molecular complexity index is 471. The van der Waals surface area contributed by atoms with Crippen molar-refractivity contribution in [3.05, 3.63) is 11.8 Å². The lowest BCUT2D eigenvalue weighted by Gasteiger charge is -2.21. The first-order chi connectivity index (χ1) is 9.25. The molecule has 6 heteroatoms. The van der Waals surface area contributed by atoms with Gasteiger partial charge >= 0.3 is 0 Å². The fraction of sp³-hybridized carbons (Fsp3) is 0.692. The van der Waals surface area contributed by atoms with E-state index in [1.165, 1.54) is 0 Å². The molecule has 0 radical (unpaired) electrons. The van der Waals surface area contributed by atoms with Crippen molar-refractivity contribution in [3.63, 3.8) is 0 Å². The summed E-state index contributed by atoms with van der Waals surface area (Å²) >= 11 is 0. The highest BCUT2D eigenvalue weighted by atomic mass is 16.5. The van der Waals surface area contributed by atoms with Crippen molar-refractivity contribution in [1.82, 2.24) is 19.6 Å². The molecule has 1 aromatic rings. The second kappa shape index (κ2) is 5.21. The summed E-state index contributed by atoms with van der Waals surface area (Å²) in [5.74, 6) is 0.701. The number of hydrogen-bond acceptors (Lipinski definition) is 4. The number of carbonyl (C=O) groups excluding carboxylic acids is 1. The lowest BCUT2D eigenvalue weighted by molar-refractivity contribution is 0.0756. The molecule has 1 fully saturated rings. The third-order valence-electron chi connectivity index (χ3n) is 3.78. The highest BCUT2D eigenvalue weighted by molar-refractivity contribution is 5.96. The Morgan fingerprint density at radius 3 is 3.00 bits per heavy atom. The van der Waals surface area contributed by atoms with Crippen molar-refractivity contribution >= 4 is 5.91 Å². The molecule has 2 aliphatic heterocycles. The van der Waals surface area contributed by atoms with Gasteiger partial charge < -0.3 is 14.5 Å². The molecule has 0 spiro atoms. The maximum atomic E-state index is 12.6. The van der Waals surface area contributed by atoms with Crippen LogP contribution in [0.1, 0.15) is 23.2 Å². The summed E-state index contributed by atoms with van der Waals surface area (Å²) in [6, 6.07) is 0. The van der Waals surface area contributed by atoms with Crippen molar-refractivity contribution in [2.24, 2.45) is 0 Å². The standard InChI is InChI=1S/C13H20N4O2/c1-15-4-2-5-16(8-7-15)12(18)11-10-14-17-6-3-9-19-13(11)17/h10H,2-9H2,1H3. The maximum absolute atomic E-state index is 12.6. The molecule has 0 atom stereocenters. The first kappa shape index (κ1) is 12.5. The Balaban J connectivity index is 1.78. The number of likely N-dealkylation sites (N-methyl/N-ethyl adjacent to an activating group) is 1. The molecule has 1 aromatic heterocycles. The van der Waals surface area contributed by atoms with E-state index < -0.39 is 0 Å². The fourth-order valence-electron chi connectivity index (χ4n) is 2.64. The van der Waals surface area contributed by atoms with Gasteiger partial charge in [-0.25, -0.2) is 4.68 Å². The van der Waals surface area contributed by atoms with Crippen LogP contribution >= 0.6 is 0 Å². The molecular weight excluding hydrogens is 244 g/mol. The Hall–Kier alpha value is -1.56. The summed E-state index contributed by atoms with van der Waals surface area (Å²) in [6.07, 6.45) is 3.63. The maximum Gasteiger partial charge on any atom is 0.261 e.